The molecule has 0 bridgehead atoms. The smallest absolute Gasteiger partial charge is 0.122 e. The van der Waals surface area contributed by atoms with Crippen LogP contribution in [0.1, 0.15) is 104 Å². The number of hydrogen-bond acceptors (Lipinski definition) is 1. The Kier molecular flexibility index (Phi) is 20.8. The number of aryl methyl sites for hydroxylation is 1. The minimum absolute atomic E-state index is 0. The second-order valence-electron chi connectivity index (χ2n) is 8.68. The predicted molar refractivity (Wildman–Crippen MR) is 157 cm³/mol. The molecule has 0 fully saturated rings. The summed E-state index contributed by atoms with van der Waals surface area (Å²) in [6, 6.07) is 17.0. The van der Waals surface area contributed by atoms with Gasteiger partial charge in [-0.05, 0) is 74.3 Å². The van der Waals surface area contributed by atoms with Gasteiger partial charge in [-0.2, -0.15) is 0 Å². The van der Waals surface area contributed by atoms with E-state index in [1.807, 2.05) is 13.0 Å². The van der Waals surface area contributed by atoms with Gasteiger partial charge in [-0.3, -0.25) is 0 Å². The van der Waals surface area contributed by atoms with E-state index in [0.29, 0.717) is 0 Å². The van der Waals surface area contributed by atoms with Gasteiger partial charge in [0.05, 0.1) is 7.11 Å². The maximum absolute atomic E-state index is 5.44. The first-order chi connectivity index (χ1) is 15.8. The van der Waals surface area contributed by atoms with Crippen LogP contribution in [-0.4, -0.2) is 7.11 Å². The number of allylic oxidation sites excluding steroid dienone is 4. The molecule has 0 amide bonds. The van der Waals surface area contributed by atoms with E-state index in [1.54, 1.807) is 13.2 Å². The van der Waals surface area contributed by atoms with Crippen LogP contribution in [0.5, 0.6) is 5.75 Å². The first-order valence-electron chi connectivity index (χ1n) is 12.5. The quantitative estimate of drug-likeness (QED) is 0.193. The summed E-state index contributed by atoms with van der Waals surface area (Å²) < 4.78 is 5.44. The molecule has 0 aromatic heterocycles. The van der Waals surface area contributed by atoms with Crippen LogP contribution >= 0.6 is 0 Å². The van der Waals surface area contributed by atoms with E-state index in [0.717, 1.165) is 29.2 Å². The van der Waals surface area contributed by atoms with Gasteiger partial charge in [-0.25, -0.2) is 0 Å². The molecule has 0 heterocycles. The summed E-state index contributed by atoms with van der Waals surface area (Å²) in [5, 5.41) is 0. The molecule has 1 atom stereocenters. The maximum Gasteiger partial charge on any atom is 0.122 e. The minimum atomic E-state index is 0. The van der Waals surface area contributed by atoms with E-state index in [2.05, 4.69) is 96.3 Å². The van der Waals surface area contributed by atoms with E-state index in [-0.39, 0.29) is 7.43 Å². The molecular formula is C33H52O. The highest BCUT2D eigenvalue weighted by Gasteiger charge is 2.05. The Hall–Kier alpha value is -2.54. The maximum atomic E-state index is 5.44. The fraction of sp³-hybridized carbons (Fsp3) is 0.455. The molecule has 2 aromatic rings. The van der Waals surface area contributed by atoms with Crippen molar-refractivity contribution in [2.24, 2.45) is 0 Å². The average Bonchev–Trinajstić information content (AvgIpc) is 2.85. The van der Waals surface area contributed by atoms with Crippen LogP contribution in [-0.2, 0) is 6.42 Å². The van der Waals surface area contributed by atoms with Gasteiger partial charge >= 0.3 is 0 Å². The van der Waals surface area contributed by atoms with E-state index >= 15 is 0 Å². The monoisotopic (exact) mass is 464 g/mol. The summed E-state index contributed by atoms with van der Waals surface area (Å²) in [6.45, 7) is 20.6. The van der Waals surface area contributed by atoms with Crippen LogP contribution < -0.4 is 4.74 Å². The van der Waals surface area contributed by atoms with Crippen molar-refractivity contribution in [1.82, 2.24) is 0 Å². The molecule has 0 aliphatic rings. The predicted octanol–water partition coefficient (Wildman–Crippen LogP) is 10.8. The highest BCUT2D eigenvalue weighted by Crippen LogP contribution is 2.25. The Morgan fingerprint density at radius 2 is 1.62 bits per heavy atom. The molecule has 1 heteroatoms. The van der Waals surface area contributed by atoms with Gasteiger partial charge in [0.2, 0.25) is 0 Å². The molecule has 0 aliphatic carbocycles. The van der Waals surface area contributed by atoms with Gasteiger partial charge in [0.15, 0.2) is 0 Å². The molecule has 1 unspecified atom stereocenters. The first kappa shape index (κ1) is 33.6. The molecule has 2 aromatic carbocycles. The molecular weight excluding hydrogens is 412 g/mol. The number of methoxy groups -OCH3 is 1. The van der Waals surface area contributed by atoms with Crippen molar-refractivity contribution < 1.29 is 4.74 Å². The number of rotatable bonds is 10. The third kappa shape index (κ3) is 14.6. The zero-order valence-electron chi connectivity index (χ0n) is 22.4. The van der Waals surface area contributed by atoms with E-state index in [1.165, 1.54) is 48.8 Å². The zero-order chi connectivity index (χ0) is 25.1. The SMILES string of the molecule is C.C=CC(=C)c1ccc(CCCCC)c(OC)c1.CC=C(C)C.CCCC(C)c1ccccc1. The molecule has 0 N–H and O–H groups in total. The number of ether oxygens (including phenoxy) is 1. The highest BCUT2D eigenvalue weighted by molar-refractivity contribution is 5.72. The van der Waals surface area contributed by atoms with E-state index in [9.17, 15) is 0 Å². The Bertz CT molecular complexity index is 810. The number of unbranched alkanes of at least 4 members (excludes halogenated alkanes) is 2. The lowest BCUT2D eigenvalue weighted by Crippen LogP contribution is -1.94. The van der Waals surface area contributed by atoms with E-state index in [4.69, 9.17) is 4.74 Å². The Morgan fingerprint density at radius 3 is 2.09 bits per heavy atom. The molecule has 1 nitrogen and oxygen atoms in total. The lowest BCUT2D eigenvalue weighted by Gasteiger charge is -2.10. The van der Waals surface area contributed by atoms with Crippen LogP contribution in [0.2, 0.25) is 0 Å². The molecule has 0 spiro atoms. The van der Waals surface area contributed by atoms with Crippen molar-refractivity contribution in [3.05, 3.63) is 96.1 Å². The van der Waals surface area contributed by atoms with Crippen LogP contribution in [0.3, 0.4) is 0 Å². The summed E-state index contributed by atoms with van der Waals surface area (Å²) in [4.78, 5) is 0. The summed E-state index contributed by atoms with van der Waals surface area (Å²) >= 11 is 0. The third-order valence-electron chi connectivity index (χ3n) is 5.62. The normalized spacial score (nSPS) is 10.2. The Labute approximate surface area is 212 Å². The molecule has 190 valence electrons. The molecule has 0 aliphatic heterocycles. The van der Waals surface area contributed by atoms with Gasteiger partial charge in [0.25, 0.3) is 0 Å². The largest absolute Gasteiger partial charge is 0.496 e. The Morgan fingerprint density at radius 1 is 1.00 bits per heavy atom. The van der Waals surface area contributed by atoms with Crippen LogP contribution in [0.15, 0.2) is 79.4 Å². The second kappa shape index (κ2) is 21.0. The summed E-state index contributed by atoms with van der Waals surface area (Å²) in [5.74, 6) is 1.68. The van der Waals surface area contributed by atoms with Gasteiger partial charge in [0.1, 0.15) is 5.75 Å². The zero-order valence-corrected chi connectivity index (χ0v) is 22.4. The van der Waals surface area contributed by atoms with Crippen molar-refractivity contribution >= 4 is 5.57 Å². The second-order valence-corrected chi connectivity index (χ2v) is 8.68. The summed E-state index contributed by atoms with van der Waals surface area (Å²) in [5.41, 5.74) is 6.14. The van der Waals surface area contributed by atoms with Gasteiger partial charge in [-0.1, -0.05) is 121 Å². The van der Waals surface area contributed by atoms with Crippen molar-refractivity contribution in [3.63, 3.8) is 0 Å². The minimum Gasteiger partial charge on any atom is -0.496 e. The van der Waals surface area contributed by atoms with Crippen LogP contribution in [0.25, 0.3) is 5.57 Å². The van der Waals surface area contributed by atoms with Crippen molar-refractivity contribution in [2.75, 3.05) is 7.11 Å². The molecule has 34 heavy (non-hydrogen) atoms. The topological polar surface area (TPSA) is 9.23 Å². The molecule has 0 saturated heterocycles. The van der Waals surface area contributed by atoms with Crippen molar-refractivity contribution in [1.29, 1.82) is 0 Å². The lowest BCUT2D eigenvalue weighted by molar-refractivity contribution is 0.408. The lowest BCUT2D eigenvalue weighted by atomic mass is 9.97. The molecule has 0 radical (unpaired) electrons. The standard InChI is InChI=1S/C16H22O.C11H16.C5H10.CH4/c1-5-7-8-9-14-10-11-15(13(3)6-2)12-16(14)17-4;1-3-7-10(2)11-8-5-4-6-9-11;1-4-5(2)3;/h6,10-12H,2-3,5,7-9H2,1,4H3;4-6,8-10H,3,7H2,1-2H3;4H,1-3H3;1H4. The van der Waals surface area contributed by atoms with Gasteiger partial charge < -0.3 is 4.74 Å². The van der Waals surface area contributed by atoms with Gasteiger partial charge in [0, 0.05) is 0 Å². The van der Waals surface area contributed by atoms with E-state index < -0.39 is 0 Å². The third-order valence-corrected chi connectivity index (χ3v) is 5.62. The van der Waals surface area contributed by atoms with Gasteiger partial charge in [-0.15, -0.1) is 0 Å². The van der Waals surface area contributed by atoms with Crippen molar-refractivity contribution in [2.45, 2.75) is 93.4 Å². The number of hydrogen-bond donors (Lipinski definition) is 0. The summed E-state index contributed by atoms with van der Waals surface area (Å²) in [7, 11) is 1.72. The van der Waals surface area contributed by atoms with Crippen molar-refractivity contribution in [3.8, 4) is 5.75 Å². The average molecular weight is 465 g/mol. The highest BCUT2D eigenvalue weighted by atomic mass is 16.5. The Balaban J connectivity index is 0. The summed E-state index contributed by atoms with van der Waals surface area (Å²) in [6.07, 6.45) is 11.2. The molecule has 0 saturated carbocycles. The fourth-order valence-corrected chi connectivity index (χ4v) is 3.22. The number of benzene rings is 2. The first-order valence-corrected chi connectivity index (χ1v) is 12.5. The fourth-order valence-electron chi connectivity index (χ4n) is 3.22. The van der Waals surface area contributed by atoms with Crippen LogP contribution in [0, 0.1) is 0 Å². The molecule has 2 rings (SSSR count). The van der Waals surface area contributed by atoms with Crippen LogP contribution in [0.4, 0.5) is 0 Å².